The Balaban J connectivity index is 2.81. The lowest BCUT2D eigenvalue weighted by atomic mass is 10.1. The Hall–Kier alpha value is -1.36. The summed E-state index contributed by atoms with van der Waals surface area (Å²) in [6.07, 6.45) is 2.39. The Morgan fingerprint density at radius 3 is 2.73 bits per heavy atom. The SMILES string of the molecule is O=[N+]([O-])C1C=CC=C(O)C1O. The van der Waals surface area contributed by atoms with Crippen molar-refractivity contribution in [2.75, 3.05) is 0 Å². The van der Waals surface area contributed by atoms with Gasteiger partial charge in [0.05, 0.1) is 0 Å². The highest BCUT2D eigenvalue weighted by atomic mass is 16.6. The molecule has 2 atom stereocenters. The maximum Gasteiger partial charge on any atom is 0.264 e. The molecule has 11 heavy (non-hydrogen) atoms. The molecular formula is C6H7NO4. The van der Waals surface area contributed by atoms with Crippen LogP contribution in [-0.2, 0) is 0 Å². The molecule has 0 saturated carbocycles. The number of aliphatic hydroxyl groups is 2. The summed E-state index contributed by atoms with van der Waals surface area (Å²) >= 11 is 0. The fraction of sp³-hybridized carbons (Fsp3) is 0.333. The highest BCUT2D eigenvalue weighted by Crippen LogP contribution is 2.12. The van der Waals surface area contributed by atoms with Crippen LogP contribution in [0.15, 0.2) is 24.0 Å². The molecule has 2 N–H and O–H groups in total. The summed E-state index contributed by atoms with van der Waals surface area (Å²) in [5.41, 5.74) is 0. The van der Waals surface area contributed by atoms with Crippen molar-refractivity contribution in [1.29, 1.82) is 0 Å². The molecule has 1 aliphatic rings. The van der Waals surface area contributed by atoms with Gasteiger partial charge in [-0.1, -0.05) is 6.08 Å². The molecule has 2 unspecified atom stereocenters. The van der Waals surface area contributed by atoms with Gasteiger partial charge < -0.3 is 10.2 Å². The second-order valence-electron chi connectivity index (χ2n) is 2.20. The molecule has 1 rings (SSSR count). The van der Waals surface area contributed by atoms with Crippen molar-refractivity contribution in [1.82, 2.24) is 0 Å². The number of rotatable bonds is 1. The number of allylic oxidation sites excluding steroid dienone is 2. The Bertz CT molecular complexity index is 233. The van der Waals surface area contributed by atoms with Gasteiger partial charge >= 0.3 is 0 Å². The van der Waals surface area contributed by atoms with E-state index in [2.05, 4.69) is 0 Å². The van der Waals surface area contributed by atoms with Gasteiger partial charge in [0.2, 0.25) is 0 Å². The van der Waals surface area contributed by atoms with Crippen molar-refractivity contribution in [3.63, 3.8) is 0 Å². The van der Waals surface area contributed by atoms with Gasteiger partial charge in [-0.25, -0.2) is 0 Å². The highest BCUT2D eigenvalue weighted by molar-refractivity contribution is 5.20. The van der Waals surface area contributed by atoms with Crippen LogP contribution in [0.2, 0.25) is 0 Å². The summed E-state index contributed by atoms with van der Waals surface area (Å²) in [5.74, 6) is -0.366. The van der Waals surface area contributed by atoms with Crippen molar-refractivity contribution in [2.45, 2.75) is 12.1 Å². The molecule has 60 valence electrons. The van der Waals surface area contributed by atoms with Crippen LogP contribution < -0.4 is 0 Å². The summed E-state index contributed by atoms with van der Waals surface area (Å²) in [6.45, 7) is 0. The normalized spacial score (nSPS) is 29.7. The van der Waals surface area contributed by atoms with E-state index in [4.69, 9.17) is 10.2 Å². The summed E-state index contributed by atoms with van der Waals surface area (Å²) in [6, 6.07) is -1.22. The minimum absolute atomic E-state index is 0.366. The zero-order valence-electron chi connectivity index (χ0n) is 5.54. The van der Waals surface area contributed by atoms with E-state index in [9.17, 15) is 10.1 Å². The van der Waals surface area contributed by atoms with E-state index in [0.29, 0.717) is 0 Å². The molecule has 0 fully saturated rings. The Kier molecular flexibility index (Phi) is 1.91. The zero-order valence-corrected chi connectivity index (χ0v) is 5.54. The molecule has 0 heterocycles. The van der Waals surface area contributed by atoms with E-state index >= 15 is 0 Å². The minimum atomic E-state index is -1.41. The number of hydrogen-bond acceptors (Lipinski definition) is 4. The summed E-state index contributed by atoms with van der Waals surface area (Å²) in [7, 11) is 0. The first-order valence-corrected chi connectivity index (χ1v) is 3.02. The van der Waals surface area contributed by atoms with Gasteiger partial charge in [-0.15, -0.1) is 0 Å². The molecule has 0 aromatic rings. The average molecular weight is 157 g/mol. The molecule has 0 radical (unpaired) electrons. The van der Waals surface area contributed by atoms with E-state index in [1.165, 1.54) is 18.2 Å². The van der Waals surface area contributed by atoms with E-state index in [1.54, 1.807) is 0 Å². The first kappa shape index (κ1) is 7.74. The van der Waals surface area contributed by atoms with Gasteiger partial charge in [0.1, 0.15) is 5.76 Å². The summed E-state index contributed by atoms with van der Waals surface area (Å²) < 4.78 is 0. The molecule has 5 nitrogen and oxygen atoms in total. The van der Waals surface area contributed by atoms with Gasteiger partial charge in [-0.05, 0) is 12.2 Å². The fourth-order valence-electron chi connectivity index (χ4n) is 0.832. The Morgan fingerprint density at radius 2 is 2.27 bits per heavy atom. The molecular weight excluding hydrogens is 150 g/mol. The number of hydrogen-bond donors (Lipinski definition) is 2. The molecule has 0 bridgehead atoms. The van der Waals surface area contributed by atoms with E-state index < -0.39 is 17.1 Å². The second-order valence-corrected chi connectivity index (χ2v) is 2.20. The fourth-order valence-corrected chi connectivity index (χ4v) is 0.832. The van der Waals surface area contributed by atoms with E-state index in [-0.39, 0.29) is 5.76 Å². The standard InChI is InChI=1S/C6H7NO4/c8-5-3-1-2-4(6(5)9)7(10)11/h1-4,6,8-9H. The van der Waals surface area contributed by atoms with Crippen molar-refractivity contribution in [2.24, 2.45) is 0 Å². The lowest BCUT2D eigenvalue weighted by Gasteiger charge is -2.14. The summed E-state index contributed by atoms with van der Waals surface area (Å²) in [5, 5.41) is 28.0. The van der Waals surface area contributed by atoms with Crippen molar-refractivity contribution in [3.8, 4) is 0 Å². The van der Waals surface area contributed by atoms with Crippen molar-refractivity contribution < 1.29 is 15.1 Å². The molecule has 5 heteroatoms. The van der Waals surface area contributed by atoms with Gasteiger partial charge in [-0.2, -0.15) is 0 Å². The predicted octanol–water partition coefficient (Wildman–Crippen LogP) is 0.00430. The van der Waals surface area contributed by atoms with E-state index in [1.807, 2.05) is 0 Å². The van der Waals surface area contributed by atoms with Crippen LogP contribution in [0.1, 0.15) is 0 Å². The molecule has 0 aliphatic heterocycles. The van der Waals surface area contributed by atoms with Crippen LogP contribution in [0.3, 0.4) is 0 Å². The second kappa shape index (κ2) is 2.71. The maximum absolute atomic E-state index is 10.2. The van der Waals surface area contributed by atoms with Crippen LogP contribution in [-0.4, -0.2) is 27.3 Å². The number of nitro groups is 1. The van der Waals surface area contributed by atoms with Crippen LogP contribution >= 0.6 is 0 Å². The van der Waals surface area contributed by atoms with Crippen molar-refractivity contribution >= 4 is 0 Å². The third-order valence-electron chi connectivity index (χ3n) is 1.45. The van der Waals surface area contributed by atoms with E-state index in [0.717, 1.165) is 0 Å². The van der Waals surface area contributed by atoms with Crippen molar-refractivity contribution in [3.05, 3.63) is 34.1 Å². The third kappa shape index (κ3) is 1.38. The first-order valence-electron chi connectivity index (χ1n) is 3.02. The quantitative estimate of drug-likeness (QED) is 0.414. The Morgan fingerprint density at radius 1 is 1.64 bits per heavy atom. The van der Waals surface area contributed by atoms with Crippen LogP contribution in [0, 0.1) is 10.1 Å². The smallest absolute Gasteiger partial charge is 0.264 e. The maximum atomic E-state index is 10.2. The zero-order chi connectivity index (χ0) is 8.43. The lowest BCUT2D eigenvalue weighted by Crippen LogP contribution is -2.34. The average Bonchev–Trinajstić information content (AvgIpc) is 1.94. The number of nitrogens with zero attached hydrogens (tertiary/aromatic N) is 1. The number of aliphatic hydroxyl groups excluding tert-OH is 2. The molecule has 0 aromatic heterocycles. The molecule has 0 aromatic carbocycles. The predicted molar refractivity (Wildman–Crippen MR) is 36.6 cm³/mol. The molecule has 0 spiro atoms. The van der Waals surface area contributed by atoms with Crippen LogP contribution in [0.5, 0.6) is 0 Å². The third-order valence-corrected chi connectivity index (χ3v) is 1.45. The van der Waals surface area contributed by atoms with Gasteiger partial charge in [0.15, 0.2) is 6.10 Å². The largest absolute Gasteiger partial charge is 0.509 e. The van der Waals surface area contributed by atoms with Crippen LogP contribution in [0.4, 0.5) is 0 Å². The minimum Gasteiger partial charge on any atom is -0.509 e. The van der Waals surface area contributed by atoms with Crippen LogP contribution in [0.25, 0.3) is 0 Å². The summed E-state index contributed by atoms with van der Waals surface area (Å²) in [4.78, 5) is 9.52. The van der Waals surface area contributed by atoms with Gasteiger partial charge in [0.25, 0.3) is 6.04 Å². The molecule has 1 aliphatic carbocycles. The van der Waals surface area contributed by atoms with Gasteiger partial charge in [-0.3, -0.25) is 10.1 Å². The lowest BCUT2D eigenvalue weighted by molar-refractivity contribution is -0.519. The highest BCUT2D eigenvalue weighted by Gasteiger charge is 2.31. The monoisotopic (exact) mass is 157 g/mol. The molecule has 0 amide bonds. The van der Waals surface area contributed by atoms with Gasteiger partial charge in [0, 0.05) is 4.92 Å². The molecule has 0 saturated heterocycles. The Labute approximate surface area is 62.4 Å². The topological polar surface area (TPSA) is 83.6 Å². The first-order chi connectivity index (χ1) is 5.13.